The first-order valence-electron chi connectivity index (χ1n) is 7.15. The van der Waals surface area contributed by atoms with E-state index in [1.54, 1.807) is 7.11 Å². The largest absolute Gasteiger partial charge is 0.496 e. The molecule has 114 valence electrons. The summed E-state index contributed by atoms with van der Waals surface area (Å²) in [7, 11) is 3.62. The molecule has 0 aliphatic rings. The molecule has 0 fully saturated rings. The number of hydrogen-bond acceptors (Lipinski definition) is 4. The van der Waals surface area contributed by atoms with Gasteiger partial charge >= 0.3 is 0 Å². The van der Waals surface area contributed by atoms with Crippen LogP contribution in [0.1, 0.15) is 40.9 Å². The summed E-state index contributed by atoms with van der Waals surface area (Å²) in [6.07, 6.45) is 2.88. The lowest BCUT2D eigenvalue weighted by Gasteiger charge is -2.22. The zero-order valence-electron chi connectivity index (χ0n) is 13.4. The third-order valence-corrected chi connectivity index (χ3v) is 3.75. The summed E-state index contributed by atoms with van der Waals surface area (Å²) in [6, 6.07) is 4.04. The Morgan fingerprint density at radius 2 is 2.10 bits per heavy atom. The Bertz CT molecular complexity index is 633. The number of benzene rings is 1. The highest BCUT2D eigenvalue weighted by molar-refractivity contribution is 5.49. The van der Waals surface area contributed by atoms with Crippen LogP contribution in [0.15, 0.2) is 18.3 Å². The van der Waals surface area contributed by atoms with Gasteiger partial charge in [0.2, 0.25) is 0 Å². The minimum atomic E-state index is -0.135. The van der Waals surface area contributed by atoms with Crippen LogP contribution in [0.25, 0.3) is 0 Å². The highest BCUT2D eigenvalue weighted by atomic mass is 16.5. The van der Waals surface area contributed by atoms with Crippen LogP contribution in [0, 0.1) is 13.8 Å². The van der Waals surface area contributed by atoms with E-state index in [2.05, 4.69) is 37.4 Å². The van der Waals surface area contributed by atoms with Crippen LogP contribution in [-0.4, -0.2) is 16.9 Å². The molecule has 0 radical (unpaired) electrons. The second kappa shape index (κ2) is 6.28. The lowest BCUT2D eigenvalue weighted by molar-refractivity contribution is 0.403. The molecule has 1 atom stereocenters. The van der Waals surface area contributed by atoms with Gasteiger partial charge in [0.15, 0.2) is 0 Å². The number of hydrazine groups is 1. The molecule has 21 heavy (non-hydrogen) atoms. The first-order chi connectivity index (χ1) is 10.0. The molecule has 0 saturated heterocycles. The first kappa shape index (κ1) is 15.5. The maximum atomic E-state index is 5.86. The van der Waals surface area contributed by atoms with Gasteiger partial charge in [0.1, 0.15) is 5.75 Å². The third kappa shape index (κ3) is 2.94. The first-order valence-corrected chi connectivity index (χ1v) is 7.15. The molecule has 5 nitrogen and oxygen atoms in total. The van der Waals surface area contributed by atoms with E-state index in [1.165, 1.54) is 5.56 Å². The van der Waals surface area contributed by atoms with E-state index >= 15 is 0 Å². The van der Waals surface area contributed by atoms with Crippen LogP contribution in [-0.2, 0) is 13.5 Å². The Kier molecular flexibility index (Phi) is 4.65. The van der Waals surface area contributed by atoms with Crippen molar-refractivity contribution in [3.8, 4) is 5.75 Å². The second-order valence-electron chi connectivity index (χ2n) is 5.36. The lowest BCUT2D eigenvalue weighted by atomic mass is 9.93. The molecule has 1 aromatic heterocycles. The third-order valence-electron chi connectivity index (χ3n) is 3.75. The molecule has 0 saturated carbocycles. The van der Waals surface area contributed by atoms with Gasteiger partial charge in [0.25, 0.3) is 0 Å². The highest BCUT2D eigenvalue weighted by Crippen LogP contribution is 2.34. The van der Waals surface area contributed by atoms with Gasteiger partial charge in [-0.2, -0.15) is 5.10 Å². The summed E-state index contributed by atoms with van der Waals surface area (Å²) >= 11 is 0. The van der Waals surface area contributed by atoms with Gasteiger partial charge in [-0.1, -0.05) is 13.0 Å². The zero-order chi connectivity index (χ0) is 15.6. The van der Waals surface area contributed by atoms with Gasteiger partial charge in [-0.3, -0.25) is 10.5 Å². The van der Waals surface area contributed by atoms with E-state index in [1.807, 2.05) is 24.0 Å². The van der Waals surface area contributed by atoms with Gasteiger partial charge < -0.3 is 4.74 Å². The summed E-state index contributed by atoms with van der Waals surface area (Å²) in [4.78, 5) is 0. The van der Waals surface area contributed by atoms with Crippen molar-refractivity contribution in [3.05, 3.63) is 46.3 Å². The van der Waals surface area contributed by atoms with Gasteiger partial charge in [-0.05, 0) is 37.5 Å². The van der Waals surface area contributed by atoms with Crippen LogP contribution < -0.4 is 16.0 Å². The van der Waals surface area contributed by atoms with Crippen LogP contribution in [0.5, 0.6) is 5.75 Å². The Labute approximate surface area is 126 Å². The lowest BCUT2D eigenvalue weighted by Crippen LogP contribution is -2.30. The fraction of sp³-hybridized carbons (Fsp3) is 0.438. The normalized spacial score (nSPS) is 12.5. The van der Waals surface area contributed by atoms with Crippen molar-refractivity contribution in [2.45, 2.75) is 33.2 Å². The molecule has 2 rings (SSSR count). The molecule has 2 aromatic rings. The van der Waals surface area contributed by atoms with Gasteiger partial charge in [0, 0.05) is 24.4 Å². The fourth-order valence-electron chi connectivity index (χ4n) is 2.88. The SMILES string of the molecule is CCc1nn(C)cc1C(NN)c1c(C)cc(C)cc1OC. The molecule has 1 heterocycles. The van der Waals surface area contributed by atoms with Crippen LogP contribution in [0.4, 0.5) is 0 Å². The average Bonchev–Trinajstić information content (AvgIpc) is 2.82. The number of aryl methyl sites for hydroxylation is 4. The molecule has 0 aliphatic carbocycles. The molecule has 1 unspecified atom stereocenters. The predicted octanol–water partition coefficient (Wildman–Crippen LogP) is 2.16. The smallest absolute Gasteiger partial charge is 0.124 e. The summed E-state index contributed by atoms with van der Waals surface area (Å²) in [5, 5.41) is 4.51. The van der Waals surface area contributed by atoms with Crippen LogP contribution in [0.3, 0.4) is 0 Å². The number of nitrogens with zero attached hydrogens (tertiary/aromatic N) is 2. The number of rotatable bonds is 5. The second-order valence-corrected chi connectivity index (χ2v) is 5.36. The Balaban J connectivity index is 2.61. The van der Waals surface area contributed by atoms with Gasteiger partial charge in [0.05, 0.1) is 18.8 Å². The maximum absolute atomic E-state index is 5.86. The van der Waals surface area contributed by atoms with E-state index in [0.29, 0.717) is 0 Å². The standard InChI is InChI=1S/C16H24N4O/c1-6-13-12(9-20(4)19-13)16(18-17)15-11(3)7-10(2)8-14(15)21-5/h7-9,16,18H,6,17H2,1-5H3. The summed E-state index contributed by atoms with van der Waals surface area (Å²) in [5.74, 6) is 6.71. The topological polar surface area (TPSA) is 65.1 Å². The fourth-order valence-corrected chi connectivity index (χ4v) is 2.88. The Hall–Kier alpha value is -1.85. The van der Waals surface area contributed by atoms with Crippen molar-refractivity contribution >= 4 is 0 Å². The summed E-state index contributed by atoms with van der Waals surface area (Å²) in [5.41, 5.74) is 8.45. The van der Waals surface area contributed by atoms with Crippen molar-refractivity contribution in [3.63, 3.8) is 0 Å². The molecule has 5 heteroatoms. The minimum Gasteiger partial charge on any atom is -0.496 e. The van der Waals surface area contributed by atoms with E-state index in [0.717, 1.165) is 34.6 Å². The Morgan fingerprint density at radius 1 is 1.38 bits per heavy atom. The molecule has 1 aromatic carbocycles. The molecular weight excluding hydrogens is 264 g/mol. The van der Waals surface area contributed by atoms with Crippen molar-refractivity contribution in [2.24, 2.45) is 12.9 Å². The van der Waals surface area contributed by atoms with Gasteiger partial charge in [-0.15, -0.1) is 0 Å². The average molecular weight is 288 g/mol. The monoisotopic (exact) mass is 288 g/mol. The number of aromatic nitrogens is 2. The molecule has 0 amide bonds. The van der Waals surface area contributed by atoms with Crippen molar-refractivity contribution in [1.29, 1.82) is 0 Å². The molecular formula is C16H24N4O. The number of nitrogens with one attached hydrogen (secondary N) is 1. The number of nitrogens with two attached hydrogens (primary N) is 1. The van der Waals surface area contributed by atoms with Gasteiger partial charge in [-0.25, -0.2) is 5.43 Å². The summed E-state index contributed by atoms with van der Waals surface area (Å²) < 4.78 is 7.40. The van der Waals surface area contributed by atoms with Crippen molar-refractivity contribution in [2.75, 3.05) is 7.11 Å². The van der Waals surface area contributed by atoms with E-state index in [4.69, 9.17) is 10.6 Å². The predicted molar refractivity (Wildman–Crippen MR) is 84.2 cm³/mol. The van der Waals surface area contributed by atoms with Crippen LogP contribution in [0.2, 0.25) is 0 Å². The van der Waals surface area contributed by atoms with E-state index < -0.39 is 0 Å². The number of ether oxygens (including phenoxy) is 1. The Morgan fingerprint density at radius 3 is 2.67 bits per heavy atom. The minimum absolute atomic E-state index is 0.135. The zero-order valence-corrected chi connectivity index (χ0v) is 13.4. The molecule has 0 bridgehead atoms. The number of hydrogen-bond donors (Lipinski definition) is 2. The molecule has 0 spiro atoms. The van der Waals surface area contributed by atoms with Crippen LogP contribution >= 0.6 is 0 Å². The number of methoxy groups -OCH3 is 1. The molecule has 3 N–H and O–H groups in total. The maximum Gasteiger partial charge on any atom is 0.124 e. The van der Waals surface area contributed by atoms with E-state index in [-0.39, 0.29) is 6.04 Å². The van der Waals surface area contributed by atoms with Crippen molar-refractivity contribution < 1.29 is 4.74 Å². The van der Waals surface area contributed by atoms with E-state index in [9.17, 15) is 0 Å². The highest BCUT2D eigenvalue weighted by Gasteiger charge is 2.23. The molecule has 0 aliphatic heterocycles. The quantitative estimate of drug-likeness (QED) is 0.653. The van der Waals surface area contributed by atoms with Crippen molar-refractivity contribution in [1.82, 2.24) is 15.2 Å². The summed E-state index contributed by atoms with van der Waals surface area (Å²) in [6.45, 7) is 6.24.